The van der Waals surface area contributed by atoms with Gasteiger partial charge in [-0.05, 0) is 49.4 Å². The number of amides is 1. The van der Waals surface area contributed by atoms with Gasteiger partial charge in [-0.25, -0.2) is 13.2 Å². The summed E-state index contributed by atoms with van der Waals surface area (Å²) in [6.07, 6.45) is 0. The van der Waals surface area contributed by atoms with Gasteiger partial charge in [0.15, 0.2) is 5.78 Å². The standard InChI is InChI=1S/C19H18N2O6S/c1-13(22)14-5-7-16(8-6-14)27-19(24)15-3-2-4-17(11-15)28(25,26)21-10-9-20-18(23)12-21/h2-8,11H,9-10,12H2,1H3,(H,20,23). The molecule has 0 radical (unpaired) electrons. The lowest BCUT2D eigenvalue weighted by atomic mass is 10.1. The Bertz CT molecular complexity index is 1030. The summed E-state index contributed by atoms with van der Waals surface area (Å²) in [5.74, 6) is -0.985. The van der Waals surface area contributed by atoms with Gasteiger partial charge in [0.25, 0.3) is 0 Å². The molecule has 2 aromatic carbocycles. The summed E-state index contributed by atoms with van der Waals surface area (Å²) in [6.45, 7) is 1.56. The monoisotopic (exact) mass is 402 g/mol. The lowest BCUT2D eigenvalue weighted by Crippen LogP contribution is -2.49. The number of piperazine rings is 1. The molecule has 1 N–H and O–H groups in total. The number of esters is 1. The van der Waals surface area contributed by atoms with Gasteiger partial charge in [0, 0.05) is 18.7 Å². The fourth-order valence-corrected chi connectivity index (χ4v) is 4.12. The van der Waals surface area contributed by atoms with Gasteiger partial charge in [-0.3, -0.25) is 9.59 Å². The number of hydrogen-bond acceptors (Lipinski definition) is 6. The molecule has 8 nitrogen and oxygen atoms in total. The van der Waals surface area contributed by atoms with E-state index in [0.29, 0.717) is 5.56 Å². The molecule has 146 valence electrons. The molecule has 1 saturated heterocycles. The third-order valence-electron chi connectivity index (χ3n) is 4.18. The van der Waals surface area contributed by atoms with Crippen LogP contribution in [0.4, 0.5) is 0 Å². The molecule has 1 amide bonds. The molecule has 1 fully saturated rings. The molecule has 0 atom stereocenters. The average molecular weight is 402 g/mol. The van der Waals surface area contributed by atoms with Gasteiger partial charge >= 0.3 is 5.97 Å². The van der Waals surface area contributed by atoms with Gasteiger partial charge in [-0.1, -0.05) is 6.07 Å². The molecule has 9 heteroatoms. The number of nitrogens with zero attached hydrogens (tertiary/aromatic N) is 1. The predicted octanol–water partition coefficient (Wildman–Crippen LogP) is 1.23. The first-order valence-corrected chi connectivity index (χ1v) is 9.91. The Hall–Kier alpha value is -3.04. The summed E-state index contributed by atoms with van der Waals surface area (Å²) in [7, 11) is -3.91. The minimum atomic E-state index is -3.91. The normalized spacial score (nSPS) is 15.0. The Morgan fingerprint density at radius 3 is 2.43 bits per heavy atom. The van der Waals surface area contributed by atoms with Crippen molar-refractivity contribution < 1.29 is 27.5 Å². The van der Waals surface area contributed by atoms with Crippen LogP contribution in [0.3, 0.4) is 0 Å². The van der Waals surface area contributed by atoms with Crippen LogP contribution in [0.5, 0.6) is 5.75 Å². The van der Waals surface area contributed by atoms with Crippen molar-refractivity contribution in [2.45, 2.75) is 11.8 Å². The number of nitrogens with one attached hydrogen (secondary N) is 1. The smallest absolute Gasteiger partial charge is 0.343 e. The van der Waals surface area contributed by atoms with Crippen molar-refractivity contribution in [3.8, 4) is 5.75 Å². The Morgan fingerprint density at radius 1 is 1.07 bits per heavy atom. The molecule has 0 saturated carbocycles. The largest absolute Gasteiger partial charge is 0.423 e. The maximum atomic E-state index is 12.7. The highest BCUT2D eigenvalue weighted by Crippen LogP contribution is 2.20. The van der Waals surface area contributed by atoms with Gasteiger partial charge in [-0.15, -0.1) is 0 Å². The van der Waals surface area contributed by atoms with E-state index in [2.05, 4.69) is 5.32 Å². The van der Waals surface area contributed by atoms with Crippen LogP contribution >= 0.6 is 0 Å². The molecule has 0 aromatic heterocycles. The quantitative estimate of drug-likeness (QED) is 0.458. The zero-order chi connectivity index (χ0) is 20.3. The van der Waals surface area contributed by atoms with Gasteiger partial charge in [0.1, 0.15) is 5.75 Å². The Balaban J connectivity index is 1.79. The molecule has 3 rings (SSSR count). The topological polar surface area (TPSA) is 110 Å². The second-order valence-electron chi connectivity index (χ2n) is 6.19. The molecule has 1 heterocycles. The minimum Gasteiger partial charge on any atom is -0.423 e. The van der Waals surface area contributed by atoms with E-state index in [1.165, 1.54) is 55.5 Å². The van der Waals surface area contributed by atoms with E-state index in [1.54, 1.807) is 0 Å². The zero-order valence-electron chi connectivity index (χ0n) is 15.0. The third kappa shape index (κ3) is 4.26. The van der Waals surface area contributed by atoms with Crippen molar-refractivity contribution >= 4 is 27.7 Å². The second kappa shape index (κ2) is 7.91. The van der Waals surface area contributed by atoms with Crippen LogP contribution in [-0.2, 0) is 14.8 Å². The van der Waals surface area contributed by atoms with Crippen LogP contribution in [0.2, 0.25) is 0 Å². The SMILES string of the molecule is CC(=O)c1ccc(OC(=O)c2cccc(S(=O)(=O)N3CCNC(=O)C3)c2)cc1. The van der Waals surface area contributed by atoms with Crippen LogP contribution in [0.15, 0.2) is 53.4 Å². The van der Waals surface area contributed by atoms with Crippen LogP contribution < -0.4 is 10.1 Å². The first kappa shape index (κ1) is 19.7. The average Bonchev–Trinajstić information content (AvgIpc) is 2.68. The van der Waals surface area contributed by atoms with E-state index in [0.717, 1.165) is 4.31 Å². The number of ketones is 1. The highest BCUT2D eigenvalue weighted by Gasteiger charge is 2.29. The highest BCUT2D eigenvalue weighted by molar-refractivity contribution is 7.89. The van der Waals surface area contributed by atoms with E-state index in [9.17, 15) is 22.8 Å². The summed E-state index contributed by atoms with van der Waals surface area (Å²) in [5.41, 5.74) is 0.539. The summed E-state index contributed by atoms with van der Waals surface area (Å²) < 4.78 is 31.8. The summed E-state index contributed by atoms with van der Waals surface area (Å²) in [5, 5.41) is 2.56. The van der Waals surface area contributed by atoms with Gasteiger partial charge < -0.3 is 10.1 Å². The van der Waals surface area contributed by atoms with Crippen LogP contribution in [0.1, 0.15) is 27.6 Å². The van der Waals surface area contributed by atoms with E-state index in [-0.39, 0.29) is 47.5 Å². The predicted molar refractivity (Wildman–Crippen MR) is 99.6 cm³/mol. The highest BCUT2D eigenvalue weighted by atomic mass is 32.2. The van der Waals surface area contributed by atoms with Crippen molar-refractivity contribution in [2.75, 3.05) is 19.6 Å². The lowest BCUT2D eigenvalue weighted by Gasteiger charge is -2.26. The minimum absolute atomic E-state index is 0.0539. The number of carbonyl (C=O) groups is 3. The Kier molecular flexibility index (Phi) is 5.57. The number of rotatable bonds is 5. The Labute approximate surface area is 162 Å². The lowest BCUT2D eigenvalue weighted by molar-refractivity contribution is -0.122. The fraction of sp³-hybridized carbons (Fsp3) is 0.211. The molecule has 28 heavy (non-hydrogen) atoms. The molecule has 0 aliphatic carbocycles. The van der Waals surface area contributed by atoms with Gasteiger partial charge in [0.05, 0.1) is 17.0 Å². The number of Topliss-reactive ketones (excluding diaryl/α,β-unsaturated/α-hetero) is 1. The first-order valence-electron chi connectivity index (χ1n) is 8.47. The maximum absolute atomic E-state index is 12.7. The van der Waals surface area contributed by atoms with Crippen LogP contribution in [0.25, 0.3) is 0 Å². The van der Waals surface area contributed by atoms with Crippen molar-refractivity contribution in [2.24, 2.45) is 0 Å². The van der Waals surface area contributed by atoms with Crippen molar-refractivity contribution in [1.82, 2.24) is 9.62 Å². The van der Waals surface area contributed by atoms with Crippen LogP contribution in [0, 0.1) is 0 Å². The second-order valence-corrected chi connectivity index (χ2v) is 8.12. The van der Waals surface area contributed by atoms with Gasteiger partial charge in [-0.2, -0.15) is 4.31 Å². The number of sulfonamides is 1. The van der Waals surface area contributed by atoms with E-state index in [1.807, 2.05) is 0 Å². The number of carbonyl (C=O) groups excluding carboxylic acids is 3. The van der Waals surface area contributed by atoms with E-state index >= 15 is 0 Å². The molecule has 2 aromatic rings. The van der Waals surface area contributed by atoms with Crippen molar-refractivity contribution in [1.29, 1.82) is 0 Å². The fourth-order valence-electron chi connectivity index (χ4n) is 2.68. The summed E-state index contributed by atoms with van der Waals surface area (Å²) >= 11 is 0. The molecular weight excluding hydrogens is 384 g/mol. The summed E-state index contributed by atoms with van der Waals surface area (Å²) in [4.78, 5) is 35.1. The van der Waals surface area contributed by atoms with Crippen LogP contribution in [-0.4, -0.2) is 50.0 Å². The molecule has 1 aliphatic rings. The molecule has 0 bridgehead atoms. The number of ether oxygens (including phenoxy) is 1. The molecule has 0 spiro atoms. The Morgan fingerprint density at radius 2 is 1.79 bits per heavy atom. The third-order valence-corrected chi connectivity index (χ3v) is 6.02. The molecular formula is C19H18N2O6S. The van der Waals surface area contributed by atoms with Crippen molar-refractivity contribution in [3.05, 3.63) is 59.7 Å². The maximum Gasteiger partial charge on any atom is 0.343 e. The van der Waals surface area contributed by atoms with Crippen molar-refractivity contribution in [3.63, 3.8) is 0 Å². The van der Waals surface area contributed by atoms with E-state index in [4.69, 9.17) is 4.74 Å². The zero-order valence-corrected chi connectivity index (χ0v) is 15.9. The molecule has 1 aliphatic heterocycles. The first-order chi connectivity index (χ1) is 13.3. The number of benzene rings is 2. The summed E-state index contributed by atoms with van der Waals surface area (Å²) in [6, 6.07) is 11.5. The molecule has 0 unspecified atom stereocenters. The van der Waals surface area contributed by atoms with Gasteiger partial charge in [0.2, 0.25) is 15.9 Å². The number of hydrogen-bond donors (Lipinski definition) is 1. The van der Waals surface area contributed by atoms with E-state index < -0.39 is 16.0 Å².